The Balaban J connectivity index is 1.62. The number of hydrogen-bond donors (Lipinski definition) is 1. The van der Waals surface area contributed by atoms with Crippen LogP contribution in [0.15, 0.2) is 47.8 Å². The molecule has 0 saturated heterocycles. The predicted molar refractivity (Wildman–Crippen MR) is 103 cm³/mol. The number of thiophene rings is 1. The third-order valence-corrected chi connectivity index (χ3v) is 6.64. The molecule has 1 amide bonds. The number of aromatic nitrogens is 1. The van der Waals surface area contributed by atoms with Crippen molar-refractivity contribution in [3.8, 4) is 10.6 Å². The minimum absolute atomic E-state index is 0.169. The molecule has 0 bridgehead atoms. The molecule has 2 aromatic heterocycles. The molecule has 9 heteroatoms. The van der Waals surface area contributed by atoms with E-state index in [2.05, 4.69) is 10.3 Å². The van der Waals surface area contributed by atoms with Gasteiger partial charge in [0.15, 0.2) is 15.0 Å². The first-order valence-electron chi connectivity index (χ1n) is 7.17. The van der Waals surface area contributed by atoms with E-state index < -0.39 is 21.5 Å². The number of sulfone groups is 1. The molecule has 1 aromatic carbocycles. The summed E-state index contributed by atoms with van der Waals surface area (Å²) in [7, 11) is -3.55. The summed E-state index contributed by atoms with van der Waals surface area (Å²) in [5.74, 6) is -1.35. The molecule has 1 N–H and O–H groups in total. The molecular weight excluding hydrogens is 400 g/mol. The lowest BCUT2D eigenvalue weighted by molar-refractivity contribution is -0.113. The van der Waals surface area contributed by atoms with Crippen LogP contribution in [0.25, 0.3) is 10.6 Å². The summed E-state index contributed by atoms with van der Waals surface area (Å²) in [4.78, 5) is 17.2. The van der Waals surface area contributed by atoms with Crippen LogP contribution in [0.1, 0.15) is 5.56 Å². The van der Waals surface area contributed by atoms with Crippen molar-refractivity contribution in [1.29, 1.82) is 0 Å². The van der Waals surface area contributed by atoms with Gasteiger partial charge in [0.2, 0.25) is 5.91 Å². The molecule has 0 aliphatic carbocycles. The number of benzene rings is 1. The SMILES string of the molecule is O=C(CS(=O)(=O)Cc1ccccc1)Nc1nc(-c2ccc(Cl)s2)cs1. The summed E-state index contributed by atoms with van der Waals surface area (Å²) in [6.45, 7) is 0. The molecule has 0 aliphatic rings. The maximum Gasteiger partial charge on any atom is 0.241 e. The Morgan fingerprint density at radius 3 is 2.60 bits per heavy atom. The van der Waals surface area contributed by atoms with Crippen molar-refractivity contribution in [2.24, 2.45) is 0 Å². The van der Waals surface area contributed by atoms with E-state index in [1.165, 1.54) is 22.7 Å². The molecule has 0 aliphatic heterocycles. The van der Waals surface area contributed by atoms with Gasteiger partial charge >= 0.3 is 0 Å². The Morgan fingerprint density at radius 2 is 1.92 bits per heavy atom. The molecule has 2 heterocycles. The van der Waals surface area contributed by atoms with Gasteiger partial charge in [-0.3, -0.25) is 4.79 Å². The minimum Gasteiger partial charge on any atom is -0.301 e. The first-order valence-corrected chi connectivity index (χ1v) is 11.1. The lowest BCUT2D eigenvalue weighted by atomic mass is 10.2. The van der Waals surface area contributed by atoms with E-state index in [1.807, 2.05) is 12.1 Å². The number of carbonyl (C=O) groups excluding carboxylic acids is 1. The zero-order valence-corrected chi connectivity index (χ0v) is 16.0. The Labute approximate surface area is 158 Å². The van der Waals surface area contributed by atoms with Gasteiger partial charge in [0.1, 0.15) is 5.75 Å². The second-order valence-corrected chi connectivity index (χ2v) is 9.85. The number of hydrogen-bond acceptors (Lipinski definition) is 6. The van der Waals surface area contributed by atoms with Crippen molar-refractivity contribution in [2.45, 2.75) is 5.75 Å². The molecule has 0 saturated carbocycles. The van der Waals surface area contributed by atoms with Gasteiger partial charge in [-0.25, -0.2) is 13.4 Å². The van der Waals surface area contributed by atoms with Crippen LogP contribution in [0.4, 0.5) is 5.13 Å². The minimum atomic E-state index is -3.55. The Morgan fingerprint density at radius 1 is 1.16 bits per heavy atom. The summed E-state index contributed by atoms with van der Waals surface area (Å²) < 4.78 is 24.9. The third kappa shape index (κ3) is 5.12. The van der Waals surface area contributed by atoms with Crippen LogP contribution in [-0.4, -0.2) is 25.1 Å². The second kappa shape index (κ2) is 7.65. The van der Waals surface area contributed by atoms with E-state index in [9.17, 15) is 13.2 Å². The van der Waals surface area contributed by atoms with Gasteiger partial charge in [-0.1, -0.05) is 41.9 Å². The van der Waals surface area contributed by atoms with Gasteiger partial charge in [0, 0.05) is 5.38 Å². The van der Waals surface area contributed by atoms with E-state index in [4.69, 9.17) is 11.6 Å². The quantitative estimate of drug-likeness (QED) is 0.661. The molecule has 5 nitrogen and oxygen atoms in total. The Hall–Kier alpha value is -1.74. The number of halogens is 1. The Kier molecular flexibility index (Phi) is 5.53. The average molecular weight is 413 g/mol. The van der Waals surface area contributed by atoms with Gasteiger partial charge < -0.3 is 5.32 Å². The molecule has 130 valence electrons. The molecular formula is C16H13ClN2O3S3. The normalized spacial score (nSPS) is 11.4. The van der Waals surface area contributed by atoms with Gasteiger partial charge in [-0.15, -0.1) is 22.7 Å². The summed E-state index contributed by atoms with van der Waals surface area (Å²) in [5, 5.41) is 4.69. The fourth-order valence-electron chi connectivity index (χ4n) is 2.13. The zero-order chi connectivity index (χ0) is 17.9. The van der Waals surface area contributed by atoms with Crippen LogP contribution >= 0.6 is 34.3 Å². The van der Waals surface area contributed by atoms with E-state index in [0.717, 1.165) is 4.88 Å². The monoisotopic (exact) mass is 412 g/mol. The highest BCUT2D eigenvalue weighted by molar-refractivity contribution is 7.91. The average Bonchev–Trinajstić information content (AvgIpc) is 3.16. The number of rotatable bonds is 6. The van der Waals surface area contributed by atoms with Crippen LogP contribution in [0.5, 0.6) is 0 Å². The highest BCUT2D eigenvalue weighted by Crippen LogP contribution is 2.32. The highest BCUT2D eigenvalue weighted by atomic mass is 35.5. The van der Waals surface area contributed by atoms with Crippen LogP contribution < -0.4 is 5.32 Å². The number of anilines is 1. The molecule has 25 heavy (non-hydrogen) atoms. The van der Waals surface area contributed by atoms with E-state index >= 15 is 0 Å². The first kappa shape index (κ1) is 18.1. The molecule has 0 radical (unpaired) electrons. The number of carbonyl (C=O) groups is 1. The van der Waals surface area contributed by atoms with Gasteiger partial charge in [-0.05, 0) is 17.7 Å². The van der Waals surface area contributed by atoms with Crippen molar-refractivity contribution in [2.75, 3.05) is 11.1 Å². The fourth-order valence-corrected chi connectivity index (χ4v) is 5.21. The number of nitrogens with one attached hydrogen (secondary N) is 1. The number of amides is 1. The first-order chi connectivity index (χ1) is 11.9. The molecule has 0 unspecified atom stereocenters. The summed E-state index contributed by atoms with van der Waals surface area (Å²) in [6.07, 6.45) is 0. The maximum absolute atomic E-state index is 12.1. The molecule has 3 rings (SSSR count). The highest BCUT2D eigenvalue weighted by Gasteiger charge is 2.18. The number of nitrogens with zero attached hydrogens (tertiary/aromatic N) is 1. The van der Waals surface area contributed by atoms with Crippen molar-refractivity contribution in [3.63, 3.8) is 0 Å². The smallest absolute Gasteiger partial charge is 0.241 e. The van der Waals surface area contributed by atoms with Crippen molar-refractivity contribution >= 4 is 55.2 Å². The van der Waals surface area contributed by atoms with Crippen LogP contribution in [0.3, 0.4) is 0 Å². The van der Waals surface area contributed by atoms with E-state index in [-0.39, 0.29) is 5.75 Å². The molecule has 0 fully saturated rings. The largest absolute Gasteiger partial charge is 0.301 e. The lowest BCUT2D eigenvalue weighted by Crippen LogP contribution is -2.23. The topological polar surface area (TPSA) is 76.1 Å². The van der Waals surface area contributed by atoms with Gasteiger partial charge in [0.25, 0.3) is 0 Å². The number of thiazole rings is 1. The summed E-state index contributed by atoms with van der Waals surface area (Å²) in [6, 6.07) is 12.4. The summed E-state index contributed by atoms with van der Waals surface area (Å²) >= 11 is 8.52. The van der Waals surface area contributed by atoms with Crippen LogP contribution in [-0.2, 0) is 20.4 Å². The van der Waals surface area contributed by atoms with E-state index in [0.29, 0.717) is 20.7 Å². The third-order valence-electron chi connectivity index (χ3n) is 3.16. The fraction of sp³-hybridized carbons (Fsp3) is 0.125. The summed E-state index contributed by atoms with van der Waals surface area (Å²) in [5.41, 5.74) is 1.35. The Bertz CT molecular complexity index is 981. The van der Waals surface area contributed by atoms with Crippen molar-refractivity contribution in [1.82, 2.24) is 4.98 Å². The lowest BCUT2D eigenvalue weighted by Gasteiger charge is -2.04. The van der Waals surface area contributed by atoms with E-state index in [1.54, 1.807) is 35.7 Å². The molecule has 3 aromatic rings. The van der Waals surface area contributed by atoms with Crippen LogP contribution in [0, 0.1) is 0 Å². The molecule has 0 spiro atoms. The second-order valence-electron chi connectivity index (χ2n) is 5.21. The van der Waals surface area contributed by atoms with Gasteiger partial charge in [0.05, 0.1) is 20.7 Å². The molecule has 0 atom stereocenters. The van der Waals surface area contributed by atoms with Crippen molar-refractivity contribution in [3.05, 3.63) is 57.7 Å². The van der Waals surface area contributed by atoms with Crippen molar-refractivity contribution < 1.29 is 13.2 Å². The predicted octanol–water partition coefficient (Wildman–Crippen LogP) is 4.08. The maximum atomic E-state index is 12.1. The standard InChI is InChI=1S/C16H13ClN2O3S3/c17-14-7-6-13(24-14)12-8-23-16(18-12)19-15(20)10-25(21,22)9-11-4-2-1-3-5-11/h1-8H,9-10H2,(H,18,19,20). The van der Waals surface area contributed by atoms with Gasteiger partial charge in [-0.2, -0.15) is 0 Å². The van der Waals surface area contributed by atoms with Crippen LogP contribution in [0.2, 0.25) is 4.34 Å². The zero-order valence-electron chi connectivity index (χ0n) is 12.8.